The van der Waals surface area contributed by atoms with Crippen molar-refractivity contribution in [2.75, 3.05) is 19.8 Å². The first-order chi connectivity index (χ1) is 10.3. The van der Waals surface area contributed by atoms with Crippen molar-refractivity contribution in [1.82, 2.24) is 5.32 Å². The lowest BCUT2D eigenvalue weighted by Gasteiger charge is -2.23. The van der Waals surface area contributed by atoms with Gasteiger partial charge in [0.2, 0.25) is 0 Å². The van der Waals surface area contributed by atoms with Gasteiger partial charge in [0.15, 0.2) is 0 Å². The zero-order valence-corrected chi connectivity index (χ0v) is 14.0. The molecule has 0 aromatic rings. The highest BCUT2D eigenvalue weighted by molar-refractivity contribution is 5.78. The van der Waals surface area contributed by atoms with Crippen LogP contribution in [0.25, 0.3) is 0 Å². The van der Waals surface area contributed by atoms with E-state index in [-0.39, 0.29) is 6.04 Å². The molecule has 1 N–H and O–H groups in total. The summed E-state index contributed by atoms with van der Waals surface area (Å²) in [6.45, 7) is 4.63. The maximum absolute atomic E-state index is 11.9. The molecule has 0 saturated carbocycles. The summed E-state index contributed by atoms with van der Waals surface area (Å²) >= 11 is 0. The van der Waals surface area contributed by atoms with Crippen molar-refractivity contribution >= 4 is 5.78 Å². The van der Waals surface area contributed by atoms with Crippen molar-refractivity contribution in [2.45, 2.75) is 90.0 Å². The normalized spacial score (nSPS) is 18.8. The van der Waals surface area contributed by atoms with Gasteiger partial charge in [0, 0.05) is 25.4 Å². The second kappa shape index (κ2) is 13.3. The van der Waals surface area contributed by atoms with Gasteiger partial charge in [-0.25, -0.2) is 0 Å². The highest BCUT2D eigenvalue weighted by Crippen LogP contribution is 2.12. The van der Waals surface area contributed by atoms with Gasteiger partial charge in [0.1, 0.15) is 5.78 Å². The number of hydrogen-bond acceptors (Lipinski definition) is 3. The van der Waals surface area contributed by atoms with Crippen molar-refractivity contribution < 1.29 is 9.53 Å². The molecular weight excluding hydrogens is 262 g/mol. The van der Waals surface area contributed by atoms with Crippen LogP contribution in [0.4, 0.5) is 0 Å². The summed E-state index contributed by atoms with van der Waals surface area (Å²) in [4.78, 5) is 11.9. The van der Waals surface area contributed by atoms with Crippen molar-refractivity contribution in [2.24, 2.45) is 0 Å². The third-order valence-electron chi connectivity index (χ3n) is 4.28. The molecule has 3 heteroatoms. The van der Waals surface area contributed by atoms with Crippen LogP contribution in [0.15, 0.2) is 0 Å². The smallest absolute Gasteiger partial charge is 0.134 e. The molecule has 3 nitrogen and oxygen atoms in total. The fraction of sp³-hybridized carbons (Fsp3) is 0.944. The summed E-state index contributed by atoms with van der Waals surface area (Å²) in [6, 6.07) is 0.259. The average Bonchev–Trinajstić information content (AvgIpc) is 2.50. The molecule has 1 heterocycles. The SMILES string of the molecule is CCCCCCCCCCCCC(=O)CC1COCCN1. The predicted octanol–water partition coefficient (Wildman–Crippen LogP) is 4.25. The first-order valence-corrected chi connectivity index (χ1v) is 9.15. The molecule has 1 unspecified atom stereocenters. The van der Waals surface area contributed by atoms with Crippen molar-refractivity contribution in [3.63, 3.8) is 0 Å². The maximum Gasteiger partial charge on any atom is 0.134 e. The van der Waals surface area contributed by atoms with Crippen LogP contribution in [-0.2, 0) is 9.53 Å². The second-order valence-corrected chi connectivity index (χ2v) is 6.40. The lowest BCUT2D eigenvalue weighted by molar-refractivity contribution is -0.120. The van der Waals surface area contributed by atoms with Crippen LogP contribution < -0.4 is 5.32 Å². The number of ether oxygens (including phenoxy) is 1. The fourth-order valence-corrected chi connectivity index (χ4v) is 2.94. The van der Waals surface area contributed by atoms with E-state index in [9.17, 15) is 4.79 Å². The van der Waals surface area contributed by atoms with Gasteiger partial charge in [-0.05, 0) is 6.42 Å². The number of morpholine rings is 1. The third-order valence-corrected chi connectivity index (χ3v) is 4.28. The topological polar surface area (TPSA) is 38.3 Å². The predicted molar refractivity (Wildman–Crippen MR) is 88.7 cm³/mol. The standard InChI is InChI=1S/C18H35NO2/c1-2-3-4-5-6-7-8-9-10-11-12-18(20)15-17-16-21-14-13-19-17/h17,19H,2-16H2,1H3. The zero-order chi connectivity index (χ0) is 15.2. The van der Waals surface area contributed by atoms with Crippen LogP contribution in [0.1, 0.15) is 84.0 Å². The Bertz CT molecular complexity index is 250. The minimum atomic E-state index is 0.259. The fourth-order valence-electron chi connectivity index (χ4n) is 2.94. The molecule has 0 aromatic heterocycles. The number of carbonyl (C=O) groups is 1. The van der Waals surface area contributed by atoms with Gasteiger partial charge in [-0.3, -0.25) is 4.79 Å². The minimum absolute atomic E-state index is 0.259. The van der Waals surface area contributed by atoms with E-state index in [2.05, 4.69) is 12.2 Å². The number of hydrogen-bond donors (Lipinski definition) is 1. The maximum atomic E-state index is 11.9. The highest BCUT2D eigenvalue weighted by Gasteiger charge is 2.16. The Morgan fingerprint density at radius 2 is 1.62 bits per heavy atom. The number of rotatable bonds is 13. The summed E-state index contributed by atoms with van der Waals surface area (Å²) in [5, 5.41) is 3.34. The minimum Gasteiger partial charge on any atom is -0.379 e. The molecular formula is C18H35NO2. The third kappa shape index (κ3) is 10.9. The summed E-state index contributed by atoms with van der Waals surface area (Å²) < 4.78 is 5.37. The van der Waals surface area contributed by atoms with E-state index in [0.717, 1.165) is 26.0 Å². The number of unbranched alkanes of at least 4 members (excludes halogenated alkanes) is 9. The molecule has 1 aliphatic heterocycles. The largest absolute Gasteiger partial charge is 0.379 e. The van der Waals surface area contributed by atoms with Gasteiger partial charge in [-0.15, -0.1) is 0 Å². The van der Waals surface area contributed by atoms with Gasteiger partial charge >= 0.3 is 0 Å². The molecule has 0 bridgehead atoms. The summed E-state index contributed by atoms with van der Waals surface area (Å²) in [5.74, 6) is 0.401. The number of nitrogens with one attached hydrogen (secondary N) is 1. The van der Waals surface area contributed by atoms with Crippen LogP contribution in [0, 0.1) is 0 Å². The number of carbonyl (C=O) groups excluding carboxylic acids is 1. The number of Topliss-reactive ketones (excluding diaryl/α,β-unsaturated/α-hetero) is 1. The summed E-state index contributed by atoms with van der Waals surface area (Å²) in [5.41, 5.74) is 0. The Labute approximate surface area is 131 Å². The quantitative estimate of drug-likeness (QED) is 0.517. The lowest BCUT2D eigenvalue weighted by atomic mass is 10.0. The van der Waals surface area contributed by atoms with Gasteiger partial charge < -0.3 is 10.1 Å². The molecule has 0 aliphatic carbocycles. The molecule has 0 radical (unpaired) electrons. The molecule has 0 amide bonds. The first kappa shape index (κ1) is 18.6. The van der Waals surface area contributed by atoms with Gasteiger partial charge in [-0.2, -0.15) is 0 Å². The summed E-state index contributed by atoms with van der Waals surface area (Å²) in [7, 11) is 0. The van der Waals surface area contributed by atoms with Crippen LogP contribution in [0.3, 0.4) is 0 Å². The monoisotopic (exact) mass is 297 g/mol. The van der Waals surface area contributed by atoms with Crippen LogP contribution in [0.2, 0.25) is 0 Å². The highest BCUT2D eigenvalue weighted by atomic mass is 16.5. The molecule has 0 spiro atoms. The van der Waals surface area contributed by atoms with E-state index in [1.54, 1.807) is 0 Å². The average molecular weight is 297 g/mol. The molecule has 1 fully saturated rings. The van der Waals surface area contributed by atoms with Crippen LogP contribution in [0.5, 0.6) is 0 Å². The van der Waals surface area contributed by atoms with Crippen LogP contribution >= 0.6 is 0 Å². The second-order valence-electron chi connectivity index (χ2n) is 6.40. The molecule has 124 valence electrons. The van der Waals surface area contributed by atoms with Crippen molar-refractivity contribution in [1.29, 1.82) is 0 Å². The summed E-state index contributed by atoms with van der Waals surface area (Å²) in [6.07, 6.45) is 14.6. The van der Waals surface area contributed by atoms with E-state index in [1.165, 1.54) is 57.8 Å². The molecule has 1 atom stereocenters. The van der Waals surface area contributed by atoms with Gasteiger partial charge in [0.25, 0.3) is 0 Å². The zero-order valence-electron chi connectivity index (χ0n) is 14.0. The van der Waals surface area contributed by atoms with E-state index in [1.807, 2.05) is 0 Å². The van der Waals surface area contributed by atoms with Crippen LogP contribution in [-0.4, -0.2) is 31.6 Å². The van der Waals surface area contributed by atoms with Crippen molar-refractivity contribution in [3.05, 3.63) is 0 Å². The molecule has 1 aliphatic rings. The molecule has 1 rings (SSSR count). The Balaban J connectivity index is 1.81. The van der Waals surface area contributed by atoms with Crippen molar-refractivity contribution in [3.8, 4) is 0 Å². The van der Waals surface area contributed by atoms with E-state index in [0.29, 0.717) is 18.8 Å². The first-order valence-electron chi connectivity index (χ1n) is 9.15. The van der Waals surface area contributed by atoms with E-state index < -0.39 is 0 Å². The molecule has 21 heavy (non-hydrogen) atoms. The van der Waals surface area contributed by atoms with E-state index in [4.69, 9.17) is 4.74 Å². The van der Waals surface area contributed by atoms with Gasteiger partial charge in [0.05, 0.1) is 13.2 Å². The molecule has 1 saturated heterocycles. The number of ketones is 1. The van der Waals surface area contributed by atoms with E-state index >= 15 is 0 Å². The molecule has 0 aromatic carbocycles. The Morgan fingerprint density at radius 3 is 2.19 bits per heavy atom. The Kier molecular flexibility index (Phi) is 11.8. The van der Waals surface area contributed by atoms with Gasteiger partial charge in [-0.1, -0.05) is 64.7 Å². The Hall–Kier alpha value is -0.410. The lowest BCUT2D eigenvalue weighted by Crippen LogP contribution is -2.42. The Morgan fingerprint density at radius 1 is 1.00 bits per heavy atom.